The number of halogens is 4. The summed E-state index contributed by atoms with van der Waals surface area (Å²) in [5, 5.41) is 8.87. The van der Waals surface area contributed by atoms with Gasteiger partial charge < -0.3 is 16.5 Å². The predicted molar refractivity (Wildman–Crippen MR) is 101 cm³/mol. The fourth-order valence-electron chi connectivity index (χ4n) is 3.28. The second kappa shape index (κ2) is 7.43. The maximum atomic E-state index is 12.6. The summed E-state index contributed by atoms with van der Waals surface area (Å²) >= 11 is 3.42. The van der Waals surface area contributed by atoms with Crippen molar-refractivity contribution in [3.05, 3.63) is 46.1 Å². The number of guanidine groups is 1. The molecular weight excluding hydrogens is 425 g/mol. The van der Waals surface area contributed by atoms with Gasteiger partial charge in [0.15, 0.2) is 18.0 Å². The van der Waals surface area contributed by atoms with E-state index in [4.69, 9.17) is 11.1 Å². The third kappa shape index (κ3) is 3.77. The number of amidine groups is 1. The van der Waals surface area contributed by atoms with Gasteiger partial charge in [0, 0.05) is 23.8 Å². The molecule has 0 saturated heterocycles. The topological polar surface area (TPSA) is 94.4 Å². The number of rotatable bonds is 5. The van der Waals surface area contributed by atoms with Crippen molar-refractivity contribution in [3.63, 3.8) is 0 Å². The van der Waals surface area contributed by atoms with Gasteiger partial charge in [-0.25, -0.2) is 4.99 Å². The number of nitrogens with two attached hydrogens (primary N) is 2. The van der Waals surface area contributed by atoms with E-state index in [-0.39, 0.29) is 11.5 Å². The van der Waals surface area contributed by atoms with Gasteiger partial charge in [0.25, 0.3) is 0 Å². The smallest absolute Gasteiger partial charge is 0.369 e. The van der Waals surface area contributed by atoms with Crippen LogP contribution in [0.2, 0.25) is 0 Å². The van der Waals surface area contributed by atoms with E-state index in [2.05, 4.69) is 25.9 Å². The lowest BCUT2D eigenvalue weighted by molar-refractivity contribution is -0.615. The molecule has 0 aromatic heterocycles. The van der Waals surface area contributed by atoms with Crippen LogP contribution in [0.25, 0.3) is 0 Å². The van der Waals surface area contributed by atoms with Gasteiger partial charge in [-0.1, -0.05) is 28.1 Å². The molecule has 2 aliphatic rings. The normalized spacial score (nSPS) is 23.0. The summed E-state index contributed by atoms with van der Waals surface area (Å²) in [4.78, 5) is 11.0. The Kier molecular flexibility index (Phi) is 5.38. The number of nitrogens with zero attached hydrogens (tertiary/aromatic N) is 3. The second-order valence-corrected chi connectivity index (χ2v) is 7.14. The fraction of sp³-hybridized carbons (Fsp3) is 0.353. The Morgan fingerprint density at radius 3 is 2.89 bits per heavy atom. The van der Waals surface area contributed by atoms with Crippen LogP contribution in [-0.4, -0.2) is 48.7 Å². The van der Waals surface area contributed by atoms with E-state index in [1.54, 1.807) is 11.0 Å². The molecule has 2 heterocycles. The number of aliphatic imine (C=N–C) groups is 2. The van der Waals surface area contributed by atoms with Crippen LogP contribution in [0.15, 0.2) is 50.5 Å². The van der Waals surface area contributed by atoms with Gasteiger partial charge in [0.2, 0.25) is 0 Å². The number of hydrogen-bond donors (Lipinski definition) is 3. The molecule has 27 heavy (non-hydrogen) atoms. The van der Waals surface area contributed by atoms with Crippen molar-refractivity contribution in [2.45, 2.75) is 18.1 Å². The summed E-state index contributed by atoms with van der Waals surface area (Å²) in [6.45, 7) is 0.109. The number of benzene rings is 1. The van der Waals surface area contributed by atoms with E-state index in [9.17, 15) is 13.2 Å². The van der Waals surface area contributed by atoms with Gasteiger partial charge in [0.1, 0.15) is 12.0 Å². The van der Waals surface area contributed by atoms with Crippen molar-refractivity contribution >= 4 is 33.9 Å². The van der Waals surface area contributed by atoms with Crippen LogP contribution in [0, 0.1) is 5.41 Å². The van der Waals surface area contributed by atoms with Crippen molar-refractivity contribution in [2.24, 2.45) is 15.7 Å². The Morgan fingerprint density at radius 1 is 1.44 bits per heavy atom. The molecule has 2 aliphatic heterocycles. The highest BCUT2D eigenvalue weighted by Crippen LogP contribution is 2.41. The lowest BCUT2D eigenvalue weighted by Crippen LogP contribution is -2.82. The number of quaternary nitrogens is 1. The summed E-state index contributed by atoms with van der Waals surface area (Å²) < 4.78 is 38.5. The number of alkyl halides is 3. The monoisotopic (exact) mass is 443 g/mol. The number of hydrogen-bond acceptors (Lipinski definition) is 5. The largest absolute Gasteiger partial charge is 0.438 e. The molecule has 0 saturated carbocycles. The lowest BCUT2D eigenvalue weighted by Gasteiger charge is -2.32. The first-order valence-corrected chi connectivity index (χ1v) is 9.12. The molecule has 10 heteroatoms. The molecule has 0 aliphatic carbocycles. The van der Waals surface area contributed by atoms with Crippen molar-refractivity contribution in [3.8, 4) is 0 Å². The van der Waals surface area contributed by atoms with Gasteiger partial charge in [0.05, 0.1) is 5.57 Å². The highest BCUT2D eigenvalue weighted by atomic mass is 79.9. The van der Waals surface area contributed by atoms with E-state index in [0.717, 1.165) is 22.4 Å². The highest BCUT2D eigenvalue weighted by molar-refractivity contribution is 9.10. The standard InChI is InChI=1S/C17H18BrF3N6/c18-13-4-1-3-11(7-13)17(12(8-22)9-24-10-16(19,20)21)14-25-5-2-6-27(14)15(23)26-17/h1,3-4,7-9,22,24H,2,5-6,10H2,(H2,23,26)/p+1. The zero-order valence-corrected chi connectivity index (χ0v) is 15.9. The van der Waals surface area contributed by atoms with Gasteiger partial charge in [-0.05, 0) is 24.1 Å². The van der Waals surface area contributed by atoms with E-state index in [1.165, 1.54) is 6.20 Å². The van der Waals surface area contributed by atoms with E-state index >= 15 is 0 Å². The average molecular weight is 444 g/mol. The van der Waals surface area contributed by atoms with Crippen molar-refractivity contribution in [1.82, 2.24) is 4.90 Å². The van der Waals surface area contributed by atoms with Crippen LogP contribution in [0.1, 0.15) is 12.0 Å². The highest BCUT2D eigenvalue weighted by Gasteiger charge is 2.50. The Balaban J connectivity index is 2.15. The number of nitrogens with one attached hydrogen (secondary N) is 1. The quantitative estimate of drug-likeness (QED) is 0.604. The minimum absolute atomic E-state index is 0.247. The van der Waals surface area contributed by atoms with E-state index < -0.39 is 18.3 Å². The first kappa shape index (κ1) is 19.6. The van der Waals surface area contributed by atoms with Crippen molar-refractivity contribution in [1.29, 1.82) is 5.41 Å². The minimum atomic E-state index is -4.32. The molecule has 0 spiro atoms. The van der Waals surface area contributed by atoms with E-state index in [1.807, 2.05) is 18.2 Å². The van der Waals surface area contributed by atoms with Gasteiger partial charge in [-0.15, -0.1) is 0 Å². The van der Waals surface area contributed by atoms with Gasteiger partial charge in [-0.2, -0.15) is 13.2 Å². The zero-order valence-electron chi connectivity index (χ0n) is 14.3. The Morgan fingerprint density at radius 2 is 2.22 bits per heavy atom. The molecule has 0 fully saturated rings. The summed E-state index contributed by atoms with van der Waals surface area (Å²) in [7, 11) is 0. The summed E-state index contributed by atoms with van der Waals surface area (Å²) in [6.07, 6.45) is -1.21. The molecule has 1 unspecified atom stereocenters. The summed E-state index contributed by atoms with van der Waals surface area (Å²) in [6, 6.07) is 7.27. The molecule has 144 valence electrons. The first-order chi connectivity index (χ1) is 12.8. The maximum absolute atomic E-state index is 12.6. The minimum Gasteiger partial charge on any atom is -0.369 e. The van der Waals surface area contributed by atoms with Crippen LogP contribution >= 0.6 is 15.9 Å². The Bertz CT molecular complexity index is 832. The van der Waals surface area contributed by atoms with Crippen molar-refractivity contribution < 1.29 is 18.5 Å². The second-order valence-electron chi connectivity index (χ2n) is 6.22. The molecule has 1 aromatic carbocycles. The van der Waals surface area contributed by atoms with Crippen LogP contribution in [0.3, 0.4) is 0 Å². The van der Waals surface area contributed by atoms with Crippen LogP contribution in [-0.2, 0) is 5.54 Å². The summed E-state index contributed by atoms with van der Waals surface area (Å²) in [5.74, 6) is 0.788. The van der Waals surface area contributed by atoms with Gasteiger partial charge >= 0.3 is 6.18 Å². The fourth-order valence-corrected chi connectivity index (χ4v) is 3.68. The first-order valence-electron chi connectivity index (χ1n) is 8.33. The molecule has 0 amide bonds. The molecule has 0 radical (unpaired) electrons. The molecule has 5 N–H and O–H groups in total. The SMILES string of the molecule is N=CC(=C[NH2+]CC(F)(F)F)C1(c2cccc(Br)c2)N=C(N)N2CCCN=C21. The third-order valence-corrected chi connectivity index (χ3v) is 4.90. The van der Waals surface area contributed by atoms with Crippen molar-refractivity contribution in [2.75, 3.05) is 19.6 Å². The Hall–Kier alpha value is -2.20. The molecule has 3 rings (SSSR count). The van der Waals surface area contributed by atoms with E-state index in [0.29, 0.717) is 24.5 Å². The van der Waals surface area contributed by atoms with Crippen LogP contribution in [0.4, 0.5) is 13.2 Å². The third-order valence-electron chi connectivity index (χ3n) is 4.40. The van der Waals surface area contributed by atoms with Crippen LogP contribution < -0.4 is 11.1 Å². The maximum Gasteiger partial charge on any atom is 0.438 e. The average Bonchev–Trinajstić information content (AvgIpc) is 2.92. The molecular formula is C17H19BrF3N6+. The summed E-state index contributed by atoms with van der Waals surface area (Å²) in [5.41, 5.74) is 5.84. The molecule has 1 aromatic rings. The molecule has 0 bridgehead atoms. The van der Waals surface area contributed by atoms with Crippen LogP contribution in [0.5, 0.6) is 0 Å². The van der Waals surface area contributed by atoms with Gasteiger partial charge in [-0.3, -0.25) is 9.89 Å². The lowest BCUT2D eigenvalue weighted by atomic mass is 9.82. The predicted octanol–water partition coefficient (Wildman–Crippen LogP) is 1.74. The molecule has 1 atom stereocenters. The Labute approximate surface area is 162 Å². The zero-order chi connectivity index (χ0) is 19.7. The number of fused-ring (bicyclic) bond motifs is 1. The molecule has 6 nitrogen and oxygen atoms in total.